The SMILES string of the molecule is CCCCCCCCCCCc1cc(O)cc(OC)c1O. The Morgan fingerprint density at radius 2 is 1.43 bits per heavy atom. The molecule has 0 saturated heterocycles. The molecule has 0 unspecified atom stereocenters. The molecule has 0 saturated carbocycles. The fraction of sp³-hybridized carbons (Fsp3) is 0.667. The van der Waals surface area contributed by atoms with Gasteiger partial charge < -0.3 is 14.9 Å². The molecule has 0 aromatic heterocycles. The Morgan fingerprint density at radius 3 is 2.00 bits per heavy atom. The molecule has 0 aliphatic carbocycles. The molecule has 0 atom stereocenters. The van der Waals surface area contributed by atoms with Crippen molar-refractivity contribution in [1.29, 1.82) is 0 Å². The van der Waals surface area contributed by atoms with E-state index in [1.54, 1.807) is 6.07 Å². The van der Waals surface area contributed by atoms with Crippen LogP contribution >= 0.6 is 0 Å². The molecule has 2 N–H and O–H groups in total. The maximum atomic E-state index is 10.0. The summed E-state index contributed by atoms with van der Waals surface area (Å²) in [5, 5.41) is 19.6. The van der Waals surface area contributed by atoms with Crippen LogP contribution < -0.4 is 4.74 Å². The minimum absolute atomic E-state index is 0.149. The standard InChI is InChI=1S/C18H30O3/c1-3-4-5-6-7-8-9-10-11-12-15-13-16(19)14-17(21-2)18(15)20/h13-14,19-20H,3-12H2,1-2H3. The summed E-state index contributed by atoms with van der Waals surface area (Å²) in [6.07, 6.45) is 12.3. The Hall–Kier alpha value is -1.38. The number of methoxy groups -OCH3 is 1. The van der Waals surface area contributed by atoms with E-state index < -0.39 is 0 Å². The van der Waals surface area contributed by atoms with Gasteiger partial charge in [-0.3, -0.25) is 0 Å². The molecule has 0 bridgehead atoms. The highest BCUT2D eigenvalue weighted by molar-refractivity contribution is 5.50. The highest BCUT2D eigenvalue weighted by Gasteiger charge is 2.09. The molecule has 0 aliphatic heterocycles. The molecule has 0 radical (unpaired) electrons. The topological polar surface area (TPSA) is 49.7 Å². The van der Waals surface area contributed by atoms with E-state index in [-0.39, 0.29) is 11.5 Å². The van der Waals surface area contributed by atoms with Crippen LogP contribution in [0.3, 0.4) is 0 Å². The van der Waals surface area contributed by atoms with Gasteiger partial charge in [-0.05, 0) is 18.9 Å². The largest absolute Gasteiger partial charge is 0.508 e. The zero-order chi connectivity index (χ0) is 15.5. The van der Waals surface area contributed by atoms with Crippen molar-refractivity contribution in [2.75, 3.05) is 7.11 Å². The van der Waals surface area contributed by atoms with Crippen molar-refractivity contribution < 1.29 is 14.9 Å². The number of rotatable bonds is 11. The normalized spacial score (nSPS) is 10.8. The summed E-state index contributed by atoms with van der Waals surface area (Å²) in [6, 6.07) is 3.07. The van der Waals surface area contributed by atoms with Crippen molar-refractivity contribution in [3.05, 3.63) is 17.7 Å². The lowest BCUT2D eigenvalue weighted by molar-refractivity contribution is 0.365. The quantitative estimate of drug-likeness (QED) is 0.437. The highest BCUT2D eigenvalue weighted by atomic mass is 16.5. The first-order valence-electron chi connectivity index (χ1n) is 8.27. The third-order valence-corrected chi connectivity index (χ3v) is 3.91. The monoisotopic (exact) mass is 294 g/mol. The summed E-state index contributed by atoms with van der Waals surface area (Å²) in [5.74, 6) is 0.659. The van der Waals surface area contributed by atoms with Crippen molar-refractivity contribution in [3.63, 3.8) is 0 Å². The summed E-state index contributed by atoms with van der Waals surface area (Å²) < 4.78 is 5.05. The van der Waals surface area contributed by atoms with Crippen LogP contribution in [0.5, 0.6) is 17.2 Å². The van der Waals surface area contributed by atoms with Crippen molar-refractivity contribution >= 4 is 0 Å². The minimum atomic E-state index is 0.149. The van der Waals surface area contributed by atoms with Gasteiger partial charge in [-0.1, -0.05) is 58.3 Å². The van der Waals surface area contributed by atoms with Crippen LogP contribution in [-0.2, 0) is 6.42 Å². The molecule has 0 aliphatic rings. The number of hydrogen-bond donors (Lipinski definition) is 2. The van der Waals surface area contributed by atoms with Gasteiger partial charge in [0.2, 0.25) is 0 Å². The van der Waals surface area contributed by atoms with Gasteiger partial charge in [-0.15, -0.1) is 0 Å². The van der Waals surface area contributed by atoms with Crippen molar-refractivity contribution in [2.24, 2.45) is 0 Å². The lowest BCUT2D eigenvalue weighted by atomic mass is 10.0. The highest BCUT2D eigenvalue weighted by Crippen LogP contribution is 2.34. The minimum Gasteiger partial charge on any atom is -0.508 e. The molecule has 1 aromatic rings. The van der Waals surface area contributed by atoms with Gasteiger partial charge in [0, 0.05) is 11.6 Å². The Kier molecular flexibility index (Phi) is 8.72. The molecular weight excluding hydrogens is 264 g/mol. The number of unbranched alkanes of at least 4 members (excludes halogenated alkanes) is 8. The molecule has 3 nitrogen and oxygen atoms in total. The predicted molar refractivity (Wildman–Crippen MR) is 87.3 cm³/mol. The summed E-state index contributed by atoms with van der Waals surface area (Å²) >= 11 is 0. The Bertz CT molecular complexity index is 402. The number of ether oxygens (including phenoxy) is 1. The van der Waals surface area contributed by atoms with Crippen LogP contribution in [0.4, 0.5) is 0 Å². The fourth-order valence-electron chi connectivity index (χ4n) is 2.62. The maximum Gasteiger partial charge on any atom is 0.164 e. The second-order valence-electron chi connectivity index (χ2n) is 5.73. The number of aryl methyl sites for hydroxylation is 1. The number of benzene rings is 1. The molecule has 120 valence electrons. The van der Waals surface area contributed by atoms with Gasteiger partial charge in [0.25, 0.3) is 0 Å². The summed E-state index contributed by atoms with van der Waals surface area (Å²) in [6.45, 7) is 2.24. The molecule has 3 heteroatoms. The Labute approximate surface area is 129 Å². The maximum absolute atomic E-state index is 10.0. The first-order valence-corrected chi connectivity index (χ1v) is 8.27. The van der Waals surface area contributed by atoms with E-state index in [1.165, 1.54) is 64.5 Å². The van der Waals surface area contributed by atoms with E-state index in [9.17, 15) is 10.2 Å². The first kappa shape index (κ1) is 17.7. The zero-order valence-electron chi connectivity index (χ0n) is 13.5. The van der Waals surface area contributed by atoms with Gasteiger partial charge in [0.1, 0.15) is 5.75 Å². The smallest absolute Gasteiger partial charge is 0.164 e. The van der Waals surface area contributed by atoms with Crippen LogP contribution in [0.2, 0.25) is 0 Å². The summed E-state index contributed by atoms with van der Waals surface area (Å²) in [4.78, 5) is 0. The molecule has 0 heterocycles. The molecular formula is C18H30O3. The van der Waals surface area contributed by atoms with Crippen LogP contribution in [0.1, 0.15) is 70.3 Å². The van der Waals surface area contributed by atoms with Crippen LogP contribution in [0.25, 0.3) is 0 Å². The number of phenols is 2. The number of hydrogen-bond acceptors (Lipinski definition) is 3. The second kappa shape index (κ2) is 10.4. The van der Waals surface area contributed by atoms with Crippen molar-refractivity contribution in [3.8, 4) is 17.2 Å². The molecule has 0 fully saturated rings. The first-order chi connectivity index (χ1) is 10.2. The van der Waals surface area contributed by atoms with Crippen LogP contribution in [0.15, 0.2) is 12.1 Å². The zero-order valence-corrected chi connectivity index (χ0v) is 13.5. The summed E-state index contributed by atoms with van der Waals surface area (Å²) in [5.41, 5.74) is 0.773. The van der Waals surface area contributed by atoms with E-state index >= 15 is 0 Å². The van der Waals surface area contributed by atoms with Crippen LogP contribution in [-0.4, -0.2) is 17.3 Å². The van der Waals surface area contributed by atoms with Gasteiger partial charge >= 0.3 is 0 Å². The predicted octanol–water partition coefficient (Wildman–Crippen LogP) is 5.18. The van der Waals surface area contributed by atoms with E-state index in [0.29, 0.717) is 5.75 Å². The Balaban J connectivity index is 2.20. The molecule has 0 amide bonds. The van der Waals surface area contributed by atoms with Crippen molar-refractivity contribution in [2.45, 2.75) is 71.1 Å². The van der Waals surface area contributed by atoms with E-state index in [0.717, 1.165) is 18.4 Å². The summed E-state index contributed by atoms with van der Waals surface area (Å²) in [7, 11) is 1.50. The van der Waals surface area contributed by atoms with Gasteiger partial charge in [0.15, 0.2) is 11.5 Å². The fourth-order valence-corrected chi connectivity index (χ4v) is 2.62. The van der Waals surface area contributed by atoms with E-state index in [1.807, 2.05) is 0 Å². The molecule has 1 rings (SSSR count). The van der Waals surface area contributed by atoms with Gasteiger partial charge in [-0.25, -0.2) is 0 Å². The van der Waals surface area contributed by atoms with E-state index in [2.05, 4.69) is 6.92 Å². The third kappa shape index (κ3) is 6.74. The third-order valence-electron chi connectivity index (χ3n) is 3.91. The number of aromatic hydroxyl groups is 2. The lowest BCUT2D eigenvalue weighted by Crippen LogP contribution is -1.91. The Morgan fingerprint density at radius 1 is 0.857 bits per heavy atom. The van der Waals surface area contributed by atoms with E-state index in [4.69, 9.17) is 4.74 Å². The molecule has 0 spiro atoms. The average Bonchev–Trinajstić information content (AvgIpc) is 2.48. The van der Waals surface area contributed by atoms with Crippen LogP contribution in [0, 0.1) is 0 Å². The molecule has 1 aromatic carbocycles. The number of phenolic OH excluding ortho intramolecular Hbond substituents is 2. The van der Waals surface area contributed by atoms with Gasteiger partial charge in [-0.2, -0.15) is 0 Å². The average molecular weight is 294 g/mol. The lowest BCUT2D eigenvalue weighted by Gasteiger charge is -2.10. The van der Waals surface area contributed by atoms with Gasteiger partial charge in [0.05, 0.1) is 7.11 Å². The molecule has 21 heavy (non-hydrogen) atoms. The second-order valence-corrected chi connectivity index (χ2v) is 5.73. The van der Waals surface area contributed by atoms with Crippen molar-refractivity contribution in [1.82, 2.24) is 0 Å².